The van der Waals surface area contributed by atoms with Crippen LogP contribution in [-0.4, -0.2) is 70.8 Å². The molecule has 0 radical (unpaired) electrons. The lowest BCUT2D eigenvalue weighted by atomic mass is 9.61. The predicted octanol–water partition coefficient (Wildman–Crippen LogP) is 2.72. The van der Waals surface area contributed by atoms with Gasteiger partial charge in [0, 0.05) is 30.8 Å². The SMILES string of the molecule is C=C1C(OC(=O)C=C(C)CC)C(O)C(C2(C)CO2)C2C1C(O)C(OC(=O)C(C)CC)C2C(C)OC(C)=O. The Labute approximate surface area is 219 Å². The standard InChI is InChI=1S/C28H42O9/c1-9-13(3)11-18(30)36-25-15(5)19-21(22(24(25)32)28(8)12-34-28)20(16(6)35-17(7)29)26(23(19)31)37-27(33)14(4)10-2/h11,14,16,19-26,31-32H,5,9-10,12H2,1-4,6-8H3. The van der Waals surface area contributed by atoms with E-state index in [1.807, 2.05) is 27.7 Å². The average molecular weight is 523 g/mol. The van der Waals surface area contributed by atoms with E-state index in [1.54, 1.807) is 13.8 Å². The van der Waals surface area contributed by atoms with Crippen LogP contribution in [0.5, 0.6) is 0 Å². The summed E-state index contributed by atoms with van der Waals surface area (Å²) in [6.07, 6.45) is -2.65. The second kappa shape index (κ2) is 11.3. The van der Waals surface area contributed by atoms with Crippen LogP contribution < -0.4 is 0 Å². The van der Waals surface area contributed by atoms with Crippen LogP contribution in [0.25, 0.3) is 0 Å². The highest BCUT2D eigenvalue weighted by molar-refractivity contribution is 5.83. The van der Waals surface area contributed by atoms with Gasteiger partial charge in [0.05, 0.1) is 24.2 Å². The normalized spacial score (nSPS) is 38.8. The lowest BCUT2D eigenvalue weighted by molar-refractivity contribution is -0.170. The Morgan fingerprint density at radius 3 is 2.30 bits per heavy atom. The summed E-state index contributed by atoms with van der Waals surface area (Å²) in [5.74, 6) is -4.45. The number of carbonyl (C=O) groups is 3. The summed E-state index contributed by atoms with van der Waals surface area (Å²) >= 11 is 0. The van der Waals surface area contributed by atoms with Crippen molar-refractivity contribution in [3.8, 4) is 0 Å². The van der Waals surface area contributed by atoms with Gasteiger partial charge in [-0.3, -0.25) is 9.59 Å². The monoisotopic (exact) mass is 522 g/mol. The number of ether oxygens (including phenoxy) is 4. The zero-order chi connectivity index (χ0) is 27.8. The smallest absolute Gasteiger partial charge is 0.331 e. The van der Waals surface area contributed by atoms with E-state index >= 15 is 0 Å². The first-order chi connectivity index (χ1) is 17.3. The van der Waals surface area contributed by atoms with Gasteiger partial charge in [0.15, 0.2) is 0 Å². The number of epoxide rings is 1. The Bertz CT molecular complexity index is 936. The minimum atomic E-state index is -1.21. The van der Waals surface area contributed by atoms with Crippen molar-refractivity contribution in [3.05, 3.63) is 23.8 Å². The molecule has 9 nitrogen and oxygen atoms in total. The second-order valence-electron chi connectivity index (χ2n) is 11.1. The number of allylic oxidation sites excluding steroid dienone is 1. The van der Waals surface area contributed by atoms with E-state index in [2.05, 4.69) is 6.58 Å². The zero-order valence-corrected chi connectivity index (χ0v) is 22.9. The van der Waals surface area contributed by atoms with Crippen LogP contribution >= 0.6 is 0 Å². The van der Waals surface area contributed by atoms with E-state index in [1.165, 1.54) is 13.0 Å². The number of esters is 3. The molecule has 3 rings (SSSR count). The molecule has 37 heavy (non-hydrogen) atoms. The van der Waals surface area contributed by atoms with Gasteiger partial charge in [0.25, 0.3) is 0 Å². The predicted molar refractivity (Wildman–Crippen MR) is 134 cm³/mol. The molecule has 1 aliphatic heterocycles. The minimum absolute atomic E-state index is 0.337. The second-order valence-corrected chi connectivity index (χ2v) is 11.1. The van der Waals surface area contributed by atoms with Gasteiger partial charge in [-0.05, 0) is 45.1 Å². The molecule has 1 heterocycles. The first kappa shape index (κ1) is 29.3. The van der Waals surface area contributed by atoms with E-state index in [4.69, 9.17) is 18.9 Å². The number of hydrogen-bond acceptors (Lipinski definition) is 9. The molecule has 0 aromatic carbocycles. The van der Waals surface area contributed by atoms with E-state index in [0.717, 1.165) is 5.57 Å². The molecule has 0 spiro atoms. The van der Waals surface area contributed by atoms with Gasteiger partial charge in [-0.15, -0.1) is 0 Å². The van der Waals surface area contributed by atoms with Gasteiger partial charge in [0.1, 0.15) is 24.4 Å². The Morgan fingerprint density at radius 2 is 1.78 bits per heavy atom. The maximum absolute atomic E-state index is 12.8. The highest BCUT2D eigenvalue weighted by Gasteiger charge is 2.68. The van der Waals surface area contributed by atoms with Crippen LogP contribution in [0.2, 0.25) is 0 Å². The van der Waals surface area contributed by atoms with E-state index in [9.17, 15) is 24.6 Å². The van der Waals surface area contributed by atoms with E-state index < -0.39 is 83.6 Å². The van der Waals surface area contributed by atoms with Crippen molar-refractivity contribution in [1.29, 1.82) is 0 Å². The Hall–Kier alpha value is -2.23. The van der Waals surface area contributed by atoms with Crippen LogP contribution in [0.1, 0.15) is 61.3 Å². The summed E-state index contributed by atoms with van der Waals surface area (Å²) < 4.78 is 22.9. The van der Waals surface area contributed by atoms with Crippen molar-refractivity contribution < 1.29 is 43.5 Å². The van der Waals surface area contributed by atoms with Crippen molar-refractivity contribution in [1.82, 2.24) is 0 Å². The minimum Gasteiger partial charge on any atom is -0.462 e. The molecule has 2 aliphatic carbocycles. The number of carbonyl (C=O) groups excluding carboxylic acids is 3. The molecule has 208 valence electrons. The maximum atomic E-state index is 12.8. The van der Waals surface area contributed by atoms with Gasteiger partial charge in [-0.2, -0.15) is 0 Å². The third-order valence-corrected chi connectivity index (χ3v) is 8.46. The Balaban J connectivity index is 2.05. The third-order valence-electron chi connectivity index (χ3n) is 8.46. The van der Waals surface area contributed by atoms with E-state index in [0.29, 0.717) is 25.0 Å². The molecule has 11 unspecified atom stereocenters. The lowest BCUT2D eigenvalue weighted by Crippen LogP contribution is -2.56. The van der Waals surface area contributed by atoms with Gasteiger partial charge in [0.2, 0.25) is 0 Å². The summed E-state index contributed by atoms with van der Waals surface area (Å²) in [7, 11) is 0. The summed E-state index contributed by atoms with van der Waals surface area (Å²) in [4.78, 5) is 37.4. The first-order valence-corrected chi connectivity index (χ1v) is 13.2. The van der Waals surface area contributed by atoms with Crippen LogP contribution in [0.4, 0.5) is 0 Å². The fraction of sp³-hybridized carbons (Fsp3) is 0.750. The molecular weight excluding hydrogens is 480 g/mol. The molecule has 0 amide bonds. The topological polar surface area (TPSA) is 132 Å². The molecule has 11 atom stereocenters. The highest BCUT2D eigenvalue weighted by Crippen LogP contribution is 2.59. The molecular formula is C28H42O9. The maximum Gasteiger partial charge on any atom is 0.331 e. The first-order valence-electron chi connectivity index (χ1n) is 13.2. The molecule has 0 bridgehead atoms. The van der Waals surface area contributed by atoms with E-state index in [-0.39, 0.29) is 0 Å². The van der Waals surface area contributed by atoms with Crippen LogP contribution in [0, 0.1) is 29.6 Å². The summed E-state index contributed by atoms with van der Waals surface area (Å²) in [6, 6.07) is 0. The Morgan fingerprint density at radius 1 is 1.16 bits per heavy atom. The quantitative estimate of drug-likeness (QED) is 0.154. The van der Waals surface area contributed by atoms with Gasteiger partial charge in [-0.25, -0.2) is 4.79 Å². The van der Waals surface area contributed by atoms with Crippen molar-refractivity contribution in [3.63, 3.8) is 0 Å². The summed E-state index contributed by atoms with van der Waals surface area (Å²) in [6.45, 7) is 16.7. The van der Waals surface area contributed by atoms with Crippen molar-refractivity contribution in [2.75, 3.05) is 6.61 Å². The van der Waals surface area contributed by atoms with Gasteiger partial charge < -0.3 is 29.2 Å². The number of rotatable bonds is 9. The lowest BCUT2D eigenvalue weighted by Gasteiger charge is -2.47. The molecule has 9 heteroatoms. The van der Waals surface area contributed by atoms with Crippen molar-refractivity contribution in [2.24, 2.45) is 29.6 Å². The molecule has 0 aromatic heterocycles. The Kier molecular flexibility index (Phi) is 8.92. The number of hydrogen-bond donors (Lipinski definition) is 2. The number of aliphatic hydroxyl groups is 2. The van der Waals surface area contributed by atoms with Crippen LogP contribution in [0.15, 0.2) is 23.8 Å². The fourth-order valence-electron chi connectivity index (χ4n) is 6.04. The van der Waals surface area contributed by atoms with Crippen LogP contribution in [0.3, 0.4) is 0 Å². The van der Waals surface area contributed by atoms with Crippen molar-refractivity contribution in [2.45, 2.75) is 97.4 Å². The third kappa shape index (κ3) is 5.78. The largest absolute Gasteiger partial charge is 0.462 e. The van der Waals surface area contributed by atoms with Crippen molar-refractivity contribution >= 4 is 17.9 Å². The van der Waals surface area contributed by atoms with Crippen LogP contribution in [-0.2, 0) is 33.3 Å². The molecule has 2 N–H and O–H groups in total. The molecule has 1 saturated heterocycles. The highest BCUT2D eigenvalue weighted by atomic mass is 16.6. The number of fused-ring (bicyclic) bond motifs is 1. The van der Waals surface area contributed by atoms with Gasteiger partial charge in [-0.1, -0.05) is 32.9 Å². The molecule has 3 aliphatic rings. The summed E-state index contributed by atoms with van der Waals surface area (Å²) in [5, 5.41) is 23.2. The number of aliphatic hydroxyl groups excluding tert-OH is 2. The molecule has 2 saturated carbocycles. The fourth-order valence-corrected chi connectivity index (χ4v) is 6.04. The molecule has 0 aromatic rings. The average Bonchev–Trinajstić information content (AvgIpc) is 3.50. The summed E-state index contributed by atoms with van der Waals surface area (Å²) in [5.41, 5.74) is 0.399. The molecule has 3 fully saturated rings. The van der Waals surface area contributed by atoms with Gasteiger partial charge >= 0.3 is 17.9 Å². The zero-order valence-electron chi connectivity index (χ0n) is 22.9.